The molecule has 5 rings (SSSR count). The van der Waals surface area contributed by atoms with Crippen LogP contribution in [0.5, 0.6) is 5.75 Å². The minimum Gasteiger partial charge on any atom is -0.507 e. The van der Waals surface area contributed by atoms with Crippen molar-refractivity contribution in [1.29, 1.82) is 0 Å². The number of phenolic OH excluding ortho intramolecular Hbond substituents is 1. The number of hydrogen-bond donors (Lipinski definition) is 1. The van der Waals surface area contributed by atoms with Gasteiger partial charge in [0.25, 0.3) is 0 Å². The summed E-state index contributed by atoms with van der Waals surface area (Å²) >= 11 is 0. The Balaban J connectivity index is 1.35. The Hall–Kier alpha value is -2.96. The van der Waals surface area contributed by atoms with Crippen LogP contribution in [0.15, 0.2) is 42.7 Å². The van der Waals surface area contributed by atoms with Crippen molar-refractivity contribution in [2.45, 2.75) is 38.1 Å². The number of anilines is 1. The van der Waals surface area contributed by atoms with E-state index in [-0.39, 0.29) is 5.75 Å². The molecule has 0 amide bonds. The van der Waals surface area contributed by atoms with E-state index in [1.54, 1.807) is 18.5 Å². The van der Waals surface area contributed by atoms with E-state index in [2.05, 4.69) is 32.3 Å². The fourth-order valence-electron chi connectivity index (χ4n) is 4.84. The molecule has 144 valence electrons. The summed E-state index contributed by atoms with van der Waals surface area (Å²) in [5, 5.41) is 27.4. The second-order valence-corrected chi connectivity index (χ2v) is 8.08. The molecule has 2 saturated carbocycles. The maximum atomic E-state index is 10.4. The van der Waals surface area contributed by atoms with Gasteiger partial charge in [0.05, 0.1) is 23.8 Å². The molecular weight excluding hydrogens is 352 g/mol. The average Bonchev–Trinajstić information content (AvgIpc) is 3.37. The second kappa shape index (κ2) is 6.89. The SMILES string of the molecule is CN(c1ccc(-c2ccc(-n3nccn3)cc2O)nn1)[C@H]1C[C@@H]2CC[C@@H](C2)C1. The molecule has 2 aromatic heterocycles. The quantitative estimate of drug-likeness (QED) is 0.751. The number of rotatable bonds is 4. The monoisotopic (exact) mass is 376 g/mol. The van der Waals surface area contributed by atoms with Gasteiger partial charge in [-0.05, 0) is 55.4 Å². The van der Waals surface area contributed by atoms with Crippen LogP contribution in [-0.2, 0) is 0 Å². The third kappa shape index (κ3) is 3.10. The van der Waals surface area contributed by atoms with Gasteiger partial charge < -0.3 is 10.0 Å². The summed E-state index contributed by atoms with van der Waals surface area (Å²) in [7, 11) is 2.13. The molecule has 0 saturated heterocycles. The van der Waals surface area contributed by atoms with Crippen molar-refractivity contribution in [2.24, 2.45) is 11.8 Å². The van der Waals surface area contributed by atoms with Gasteiger partial charge in [0.15, 0.2) is 5.82 Å². The van der Waals surface area contributed by atoms with Crippen molar-refractivity contribution in [1.82, 2.24) is 25.2 Å². The molecule has 2 aliphatic carbocycles. The molecule has 0 spiro atoms. The van der Waals surface area contributed by atoms with Crippen molar-refractivity contribution in [2.75, 3.05) is 11.9 Å². The zero-order valence-electron chi connectivity index (χ0n) is 15.9. The first-order valence-corrected chi connectivity index (χ1v) is 9.94. The van der Waals surface area contributed by atoms with Crippen LogP contribution in [0.4, 0.5) is 5.82 Å². The molecule has 0 unspecified atom stereocenters. The first kappa shape index (κ1) is 17.2. The zero-order valence-corrected chi connectivity index (χ0v) is 15.9. The van der Waals surface area contributed by atoms with Gasteiger partial charge in [-0.15, -0.1) is 10.2 Å². The molecule has 28 heavy (non-hydrogen) atoms. The lowest BCUT2D eigenvalue weighted by atomic mass is 9.85. The van der Waals surface area contributed by atoms with Gasteiger partial charge in [-0.2, -0.15) is 15.0 Å². The number of nitrogens with zero attached hydrogens (tertiary/aromatic N) is 6. The number of benzene rings is 1. The van der Waals surface area contributed by atoms with Gasteiger partial charge in [-0.25, -0.2) is 0 Å². The normalized spacial score (nSPS) is 23.7. The van der Waals surface area contributed by atoms with Crippen molar-refractivity contribution in [3.63, 3.8) is 0 Å². The van der Waals surface area contributed by atoms with Gasteiger partial charge in [0.1, 0.15) is 5.75 Å². The van der Waals surface area contributed by atoms with Crippen molar-refractivity contribution < 1.29 is 5.11 Å². The Morgan fingerprint density at radius 3 is 2.36 bits per heavy atom. The van der Waals surface area contributed by atoms with E-state index in [0.29, 0.717) is 23.0 Å². The van der Waals surface area contributed by atoms with Crippen LogP contribution in [-0.4, -0.2) is 43.4 Å². The Labute approximate surface area is 164 Å². The molecule has 3 atom stereocenters. The van der Waals surface area contributed by atoms with E-state index in [1.165, 1.54) is 36.9 Å². The number of phenols is 1. The lowest BCUT2D eigenvalue weighted by molar-refractivity contribution is 0.312. The predicted octanol–water partition coefficient (Wildman–Crippen LogP) is 3.44. The molecule has 1 aromatic carbocycles. The fraction of sp³-hybridized carbons (Fsp3) is 0.429. The predicted molar refractivity (Wildman–Crippen MR) is 106 cm³/mol. The Morgan fingerprint density at radius 2 is 1.71 bits per heavy atom. The van der Waals surface area contributed by atoms with Crippen molar-refractivity contribution in [3.05, 3.63) is 42.7 Å². The van der Waals surface area contributed by atoms with E-state index in [0.717, 1.165) is 17.7 Å². The zero-order chi connectivity index (χ0) is 19.1. The van der Waals surface area contributed by atoms with Crippen LogP contribution >= 0.6 is 0 Å². The summed E-state index contributed by atoms with van der Waals surface area (Å²) < 4.78 is 0. The van der Waals surface area contributed by atoms with Crippen LogP contribution in [0.3, 0.4) is 0 Å². The number of hydrogen-bond acceptors (Lipinski definition) is 6. The van der Waals surface area contributed by atoms with Crippen LogP contribution in [0.2, 0.25) is 0 Å². The lowest BCUT2D eigenvalue weighted by Crippen LogP contribution is -2.37. The molecule has 2 heterocycles. The Morgan fingerprint density at radius 1 is 0.964 bits per heavy atom. The second-order valence-electron chi connectivity index (χ2n) is 8.08. The van der Waals surface area contributed by atoms with Gasteiger partial charge in [0, 0.05) is 24.7 Å². The summed E-state index contributed by atoms with van der Waals surface area (Å²) in [6.45, 7) is 0. The minimum atomic E-state index is 0.133. The molecule has 7 nitrogen and oxygen atoms in total. The minimum absolute atomic E-state index is 0.133. The standard InChI is InChI=1S/C21H24N6O/c1-26(17-11-14-2-3-15(10-14)12-17)21-7-6-19(24-25-21)18-5-4-16(13-20(18)28)27-22-8-9-23-27/h4-9,13-15,17,28H,2-3,10-12H2,1H3/t14-,15+,17+. The maximum absolute atomic E-state index is 10.4. The van der Waals surface area contributed by atoms with Crippen LogP contribution < -0.4 is 4.90 Å². The summed E-state index contributed by atoms with van der Waals surface area (Å²) in [5.74, 6) is 2.80. The van der Waals surface area contributed by atoms with E-state index >= 15 is 0 Å². The summed E-state index contributed by atoms with van der Waals surface area (Å²) in [4.78, 5) is 3.75. The van der Waals surface area contributed by atoms with E-state index in [1.807, 2.05) is 24.3 Å². The molecule has 2 fully saturated rings. The first-order valence-electron chi connectivity index (χ1n) is 9.94. The van der Waals surface area contributed by atoms with Gasteiger partial charge in [-0.3, -0.25) is 0 Å². The third-order valence-corrected chi connectivity index (χ3v) is 6.33. The largest absolute Gasteiger partial charge is 0.507 e. The average molecular weight is 376 g/mol. The molecule has 3 aromatic rings. The highest BCUT2D eigenvalue weighted by Gasteiger charge is 2.36. The maximum Gasteiger partial charge on any atom is 0.151 e. The highest BCUT2D eigenvalue weighted by atomic mass is 16.3. The van der Waals surface area contributed by atoms with E-state index in [4.69, 9.17) is 0 Å². The van der Waals surface area contributed by atoms with Gasteiger partial charge in [0.2, 0.25) is 0 Å². The summed E-state index contributed by atoms with van der Waals surface area (Å²) in [6, 6.07) is 9.79. The highest BCUT2D eigenvalue weighted by Crippen LogP contribution is 2.43. The smallest absolute Gasteiger partial charge is 0.151 e. The molecule has 0 radical (unpaired) electrons. The summed E-state index contributed by atoms with van der Waals surface area (Å²) in [6.07, 6.45) is 9.93. The van der Waals surface area contributed by atoms with Crippen molar-refractivity contribution >= 4 is 5.82 Å². The highest BCUT2D eigenvalue weighted by molar-refractivity contribution is 5.68. The van der Waals surface area contributed by atoms with Crippen LogP contribution in [0.25, 0.3) is 16.9 Å². The molecular formula is C21H24N6O. The van der Waals surface area contributed by atoms with Gasteiger partial charge >= 0.3 is 0 Å². The van der Waals surface area contributed by atoms with E-state index in [9.17, 15) is 5.11 Å². The molecule has 2 aliphatic rings. The number of fused-ring (bicyclic) bond motifs is 2. The molecule has 0 aliphatic heterocycles. The van der Waals surface area contributed by atoms with Crippen LogP contribution in [0.1, 0.15) is 32.1 Å². The summed E-state index contributed by atoms with van der Waals surface area (Å²) in [5.41, 5.74) is 1.99. The number of aromatic nitrogens is 5. The third-order valence-electron chi connectivity index (χ3n) is 6.33. The molecule has 7 heteroatoms. The van der Waals surface area contributed by atoms with E-state index < -0.39 is 0 Å². The fourth-order valence-corrected chi connectivity index (χ4v) is 4.84. The van der Waals surface area contributed by atoms with Gasteiger partial charge in [-0.1, -0.05) is 12.8 Å². The first-order chi connectivity index (χ1) is 13.7. The Kier molecular flexibility index (Phi) is 4.22. The van der Waals surface area contributed by atoms with Crippen molar-refractivity contribution in [3.8, 4) is 22.7 Å². The Bertz CT molecular complexity index is 944. The topological polar surface area (TPSA) is 80.0 Å². The lowest BCUT2D eigenvalue weighted by Gasteiger charge is -2.35. The molecule has 1 N–H and O–H groups in total. The number of aromatic hydroxyl groups is 1. The van der Waals surface area contributed by atoms with Crippen LogP contribution in [0, 0.1) is 11.8 Å². The molecule has 2 bridgehead atoms.